The van der Waals surface area contributed by atoms with Crippen LogP contribution in [0.15, 0.2) is 28.8 Å². The molecule has 3 N–H and O–H groups in total. The Balaban J connectivity index is 0.00000312. The monoisotopic (exact) mass is 415 g/mol. The summed E-state index contributed by atoms with van der Waals surface area (Å²) in [7, 11) is 0. The van der Waals surface area contributed by atoms with Crippen LogP contribution in [-0.2, 0) is 6.61 Å². The topological polar surface area (TPSA) is 90.4 Å². The number of hydrogen-bond donors (Lipinski definition) is 2. The van der Waals surface area contributed by atoms with Crippen LogP contribution in [0.25, 0.3) is 0 Å². The lowest BCUT2D eigenvalue weighted by Crippen LogP contribution is -2.41. The van der Waals surface area contributed by atoms with Gasteiger partial charge in [-0.15, -0.1) is 12.4 Å². The molecule has 11 heteroatoms. The van der Waals surface area contributed by atoms with Crippen molar-refractivity contribution in [3.8, 4) is 5.75 Å². The van der Waals surface area contributed by atoms with Crippen LogP contribution < -0.4 is 15.8 Å². The van der Waals surface area contributed by atoms with E-state index in [0.29, 0.717) is 10.0 Å². The molecule has 6 nitrogen and oxygen atoms in total. The number of nitrogens with zero attached hydrogens (tertiary/aromatic N) is 1. The maximum atomic E-state index is 13.0. The molecule has 0 atom stereocenters. The lowest BCUT2D eigenvalue weighted by atomic mass is 10.3. The average molecular weight is 417 g/mol. The third kappa shape index (κ3) is 6.00. The predicted octanol–water partition coefficient (Wildman–Crippen LogP) is 3.31. The van der Waals surface area contributed by atoms with Crippen LogP contribution in [0.1, 0.15) is 16.2 Å². The molecule has 1 heterocycles. The lowest BCUT2D eigenvalue weighted by molar-refractivity contribution is 0.0117. The second-order valence-corrected chi connectivity index (χ2v) is 5.58. The highest BCUT2D eigenvalue weighted by Crippen LogP contribution is 2.32. The minimum atomic E-state index is -3.19. The van der Waals surface area contributed by atoms with Gasteiger partial charge in [0.25, 0.3) is 11.8 Å². The number of carbonyl (C=O) groups is 1. The van der Waals surface area contributed by atoms with E-state index in [4.69, 9.17) is 38.2 Å². The van der Waals surface area contributed by atoms with Crippen molar-refractivity contribution in [2.45, 2.75) is 12.5 Å². The molecule has 1 aromatic carbocycles. The largest absolute Gasteiger partial charge is 0.482 e. The Morgan fingerprint density at radius 3 is 2.60 bits per heavy atom. The molecule has 0 unspecified atom stereocenters. The van der Waals surface area contributed by atoms with E-state index < -0.39 is 24.9 Å². The Hall–Kier alpha value is -1.61. The zero-order chi connectivity index (χ0) is 17.7. The molecule has 1 aromatic heterocycles. The van der Waals surface area contributed by atoms with Crippen molar-refractivity contribution < 1.29 is 22.8 Å². The fourth-order valence-electron chi connectivity index (χ4n) is 1.62. The maximum absolute atomic E-state index is 13.0. The summed E-state index contributed by atoms with van der Waals surface area (Å²) in [6.45, 7) is -1.86. The normalized spacial score (nSPS) is 10.9. The molecule has 2 aromatic rings. The van der Waals surface area contributed by atoms with Gasteiger partial charge in [-0.3, -0.25) is 4.79 Å². The van der Waals surface area contributed by atoms with E-state index in [1.807, 2.05) is 5.32 Å². The van der Waals surface area contributed by atoms with Crippen molar-refractivity contribution in [3.63, 3.8) is 0 Å². The summed E-state index contributed by atoms with van der Waals surface area (Å²) >= 11 is 11.9. The molecule has 0 bridgehead atoms. The molecule has 0 aliphatic rings. The van der Waals surface area contributed by atoms with Crippen LogP contribution >= 0.6 is 35.6 Å². The van der Waals surface area contributed by atoms with Crippen molar-refractivity contribution in [2.24, 2.45) is 5.73 Å². The lowest BCUT2D eigenvalue weighted by Gasteiger charge is -2.13. The van der Waals surface area contributed by atoms with E-state index in [0.717, 1.165) is 0 Å². The van der Waals surface area contributed by atoms with Crippen LogP contribution in [0.5, 0.6) is 5.75 Å². The van der Waals surface area contributed by atoms with E-state index in [2.05, 4.69) is 5.16 Å². The number of hydrogen-bond acceptors (Lipinski definition) is 5. The molecule has 138 valence electrons. The first kappa shape index (κ1) is 21.4. The Labute approximate surface area is 158 Å². The number of rotatable bonds is 7. The third-order valence-corrected chi connectivity index (χ3v) is 3.47. The van der Waals surface area contributed by atoms with Crippen LogP contribution in [0.4, 0.5) is 8.78 Å². The summed E-state index contributed by atoms with van der Waals surface area (Å²) in [4.78, 5) is 11.7. The third-order valence-electron chi connectivity index (χ3n) is 2.88. The number of para-hydroxylation sites is 1. The first-order chi connectivity index (χ1) is 11.3. The number of halogens is 5. The molecule has 0 radical (unpaired) electrons. The van der Waals surface area contributed by atoms with E-state index in [9.17, 15) is 13.6 Å². The number of nitrogens with one attached hydrogen (secondary N) is 1. The van der Waals surface area contributed by atoms with E-state index >= 15 is 0 Å². The number of benzene rings is 1. The van der Waals surface area contributed by atoms with Crippen molar-refractivity contribution >= 4 is 41.5 Å². The molecule has 0 saturated heterocycles. The molecule has 25 heavy (non-hydrogen) atoms. The fourth-order valence-corrected chi connectivity index (χ4v) is 2.13. The molecule has 0 spiro atoms. The minimum absolute atomic E-state index is 0. The maximum Gasteiger partial charge on any atom is 0.277 e. The highest BCUT2D eigenvalue weighted by molar-refractivity contribution is 6.37. The SMILES string of the molecule is Cl.NCC(F)(F)CNC(=O)c1cc(COc2c(Cl)cccc2Cl)on1. The van der Waals surface area contributed by atoms with E-state index in [1.54, 1.807) is 18.2 Å². The number of ether oxygens (including phenoxy) is 1. The smallest absolute Gasteiger partial charge is 0.277 e. The van der Waals surface area contributed by atoms with Crippen LogP contribution in [-0.4, -0.2) is 30.1 Å². The van der Waals surface area contributed by atoms with Gasteiger partial charge >= 0.3 is 0 Å². The molecule has 0 fully saturated rings. The molecule has 1 amide bonds. The van der Waals surface area contributed by atoms with Crippen molar-refractivity contribution in [1.82, 2.24) is 10.5 Å². The first-order valence-corrected chi connectivity index (χ1v) is 7.46. The van der Waals surface area contributed by atoms with Gasteiger partial charge in [0.05, 0.1) is 23.1 Å². The molecule has 0 aliphatic heterocycles. The molecule has 2 rings (SSSR count). The van der Waals surface area contributed by atoms with Crippen molar-refractivity contribution in [3.05, 3.63) is 45.8 Å². The predicted molar refractivity (Wildman–Crippen MR) is 90.9 cm³/mol. The number of nitrogens with two attached hydrogens (primary N) is 1. The quantitative estimate of drug-likeness (QED) is 0.723. The molecule has 0 aliphatic carbocycles. The summed E-state index contributed by atoms with van der Waals surface area (Å²) in [5, 5.41) is 6.13. The van der Waals surface area contributed by atoms with Gasteiger partial charge in [0.15, 0.2) is 17.2 Å². The van der Waals surface area contributed by atoms with Crippen molar-refractivity contribution in [2.75, 3.05) is 13.1 Å². The molecule has 0 saturated carbocycles. The second kappa shape index (κ2) is 9.19. The zero-order valence-electron chi connectivity index (χ0n) is 12.6. The van der Waals surface area contributed by atoms with E-state index in [1.165, 1.54) is 6.07 Å². The van der Waals surface area contributed by atoms with Gasteiger partial charge < -0.3 is 20.3 Å². The Morgan fingerprint density at radius 2 is 2.00 bits per heavy atom. The van der Waals surface area contributed by atoms with Crippen LogP contribution in [0, 0.1) is 0 Å². The summed E-state index contributed by atoms with van der Waals surface area (Å²) in [5.41, 5.74) is 4.72. The summed E-state index contributed by atoms with van der Waals surface area (Å²) in [6, 6.07) is 6.12. The van der Waals surface area contributed by atoms with Crippen LogP contribution in [0.3, 0.4) is 0 Å². The Morgan fingerprint density at radius 1 is 1.36 bits per heavy atom. The van der Waals surface area contributed by atoms with Crippen molar-refractivity contribution in [1.29, 1.82) is 0 Å². The summed E-state index contributed by atoms with van der Waals surface area (Å²) < 4.78 is 36.3. The highest BCUT2D eigenvalue weighted by Gasteiger charge is 2.28. The van der Waals surface area contributed by atoms with Crippen LogP contribution in [0.2, 0.25) is 10.0 Å². The summed E-state index contributed by atoms with van der Waals surface area (Å²) in [5.74, 6) is -3.55. The highest BCUT2D eigenvalue weighted by atomic mass is 35.5. The van der Waals surface area contributed by atoms with Gasteiger partial charge in [-0.05, 0) is 12.1 Å². The van der Waals surface area contributed by atoms with Gasteiger partial charge in [0, 0.05) is 6.07 Å². The first-order valence-electron chi connectivity index (χ1n) is 6.71. The Kier molecular flexibility index (Phi) is 7.88. The fraction of sp³-hybridized carbons (Fsp3) is 0.286. The summed E-state index contributed by atoms with van der Waals surface area (Å²) in [6.07, 6.45) is 0. The van der Waals surface area contributed by atoms with Gasteiger partial charge in [-0.25, -0.2) is 8.78 Å². The Bertz CT molecular complexity index is 708. The standard InChI is InChI=1S/C14H13Cl2F2N3O3.ClH/c15-9-2-1-3-10(16)12(9)23-5-8-4-11(21-24-8)13(22)20-7-14(17,18)6-19;/h1-4H,5-7,19H2,(H,20,22);1H. The molecular weight excluding hydrogens is 403 g/mol. The van der Waals surface area contributed by atoms with Gasteiger partial charge in [-0.1, -0.05) is 34.4 Å². The number of alkyl halides is 2. The number of aromatic nitrogens is 1. The molecular formula is C14H14Cl3F2N3O3. The van der Waals surface area contributed by atoms with Gasteiger partial charge in [0.1, 0.15) is 6.61 Å². The second-order valence-electron chi connectivity index (χ2n) is 4.76. The minimum Gasteiger partial charge on any atom is -0.482 e. The van der Waals surface area contributed by atoms with E-state index in [-0.39, 0.29) is 36.2 Å². The average Bonchev–Trinajstić information content (AvgIpc) is 3.01. The van der Waals surface area contributed by atoms with Gasteiger partial charge in [0.2, 0.25) is 0 Å². The number of carbonyl (C=O) groups excluding carboxylic acids is 1. The zero-order valence-corrected chi connectivity index (χ0v) is 14.9. The van der Waals surface area contributed by atoms with Gasteiger partial charge in [-0.2, -0.15) is 0 Å². The number of amides is 1.